The monoisotopic (exact) mass is 374 g/mol. The van der Waals surface area contributed by atoms with Gasteiger partial charge in [-0.2, -0.15) is 0 Å². The van der Waals surface area contributed by atoms with Crippen LogP contribution in [0, 0.1) is 0 Å². The second kappa shape index (κ2) is 6.77. The summed E-state index contributed by atoms with van der Waals surface area (Å²) in [4.78, 5) is 41.8. The Labute approximate surface area is 161 Å². The van der Waals surface area contributed by atoms with Gasteiger partial charge in [-0.25, -0.2) is 4.98 Å². The standard InChI is InChI=1S/C21H18N4O3/c1-13(14-3-6-16(7-4-14)25-10-9-22-12-25)23-19(26)15-5-8-17-18(11-15)21(28)24(2)20(17)27/h3-13H,1-2H3,(H,23,26)/t13-/m1/s1. The van der Waals surface area contributed by atoms with Crippen LogP contribution in [0.1, 0.15) is 49.6 Å². The Hall–Kier alpha value is -3.74. The van der Waals surface area contributed by atoms with Gasteiger partial charge < -0.3 is 9.88 Å². The molecule has 0 saturated heterocycles. The minimum absolute atomic E-state index is 0.224. The SMILES string of the molecule is C[C@@H](NC(=O)c1ccc2c(c1)C(=O)N(C)C2=O)c1ccc(-n2ccnc2)cc1. The van der Waals surface area contributed by atoms with Crippen molar-refractivity contribution < 1.29 is 14.4 Å². The van der Waals surface area contributed by atoms with Crippen LogP contribution in [0.2, 0.25) is 0 Å². The molecule has 7 nitrogen and oxygen atoms in total. The van der Waals surface area contributed by atoms with Crippen molar-refractivity contribution in [1.82, 2.24) is 19.8 Å². The van der Waals surface area contributed by atoms with Crippen LogP contribution >= 0.6 is 0 Å². The molecule has 0 fully saturated rings. The summed E-state index contributed by atoms with van der Waals surface area (Å²) in [6.45, 7) is 1.89. The molecule has 3 amide bonds. The van der Waals surface area contributed by atoms with Crippen molar-refractivity contribution in [1.29, 1.82) is 0 Å². The van der Waals surface area contributed by atoms with E-state index in [0.29, 0.717) is 11.1 Å². The Morgan fingerprint density at radius 2 is 1.75 bits per heavy atom. The van der Waals surface area contributed by atoms with Crippen molar-refractivity contribution in [2.24, 2.45) is 0 Å². The summed E-state index contributed by atoms with van der Waals surface area (Å²) in [5.41, 5.74) is 2.86. The van der Waals surface area contributed by atoms with Crippen LogP contribution in [-0.2, 0) is 0 Å². The maximum Gasteiger partial charge on any atom is 0.261 e. The molecule has 0 bridgehead atoms. The van der Waals surface area contributed by atoms with E-state index < -0.39 is 5.91 Å². The van der Waals surface area contributed by atoms with E-state index >= 15 is 0 Å². The van der Waals surface area contributed by atoms with Crippen LogP contribution in [0.3, 0.4) is 0 Å². The van der Waals surface area contributed by atoms with Gasteiger partial charge in [0.25, 0.3) is 17.7 Å². The fourth-order valence-electron chi connectivity index (χ4n) is 3.21. The fourth-order valence-corrected chi connectivity index (χ4v) is 3.21. The maximum atomic E-state index is 12.6. The largest absolute Gasteiger partial charge is 0.346 e. The van der Waals surface area contributed by atoms with E-state index in [2.05, 4.69) is 10.3 Å². The van der Waals surface area contributed by atoms with E-state index in [0.717, 1.165) is 16.2 Å². The molecule has 4 rings (SSSR count). The Kier molecular flexibility index (Phi) is 4.27. The lowest BCUT2D eigenvalue weighted by Crippen LogP contribution is -2.27. The number of fused-ring (bicyclic) bond motifs is 1. The van der Waals surface area contributed by atoms with E-state index in [9.17, 15) is 14.4 Å². The van der Waals surface area contributed by atoms with Crippen molar-refractivity contribution in [3.63, 3.8) is 0 Å². The first-order valence-electron chi connectivity index (χ1n) is 8.81. The van der Waals surface area contributed by atoms with Crippen molar-refractivity contribution in [3.05, 3.63) is 83.4 Å². The molecular weight excluding hydrogens is 356 g/mol. The molecule has 7 heteroatoms. The number of nitrogens with zero attached hydrogens (tertiary/aromatic N) is 3. The van der Waals surface area contributed by atoms with Gasteiger partial charge in [0.2, 0.25) is 0 Å². The van der Waals surface area contributed by atoms with Crippen LogP contribution in [0.5, 0.6) is 0 Å². The first kappa shape index (κ1) is 17.7. The van der Waals surface area contributed by atoms with Gasteiger partial charge in [0.05, 0.1) is 23.5 Å². The lowest BCUT2D eigenvalue weighted by Gasteiger charge is -2.15. The number of rotatable bonds is 4. The van der Waals surface area contributed by atoms with Crippen molar-refractivity contribution in [2.75, 3.05) is 7.05 Å². The Balaban J connectivity index is 1.50. The van der Waals surface area contributed by atoms with Crippen molar-refractivity contribution in [3.8, 4) is 5.69 Å². The van der Waals surface area contributed by atoms with E-state index in [1.54, 1.807) is 18.6 Å². The number of imide groups is 1. The van der Waals surface area contributed by atoms with Crippen molar-refractivity contribution >= 4 is 17.7 Å². The summed E-state index contributed by atoms with van der Waals surface area (Å²) in [5.74, 6) is -1.04. The predicted molar refractivity (Wildman–Crippen MR) is 102 cm³/mol. The number of carbonyl (C=O) groups excluding carboxylic acids is 3. The number of amides is 3. The fraction of sp³-hybridized carbons (Fsp3) is 0.143. The summed E-state index contributed by atoms with van der Waals surface area (Å²) >= 11 is 0. The molecule has 1 aromatic heterocycles. The summed E-state index contributed by atoms with van der Waals surface area (Å²) in [7, 11) is 1.43. The smallest absolute Gasteiger partial charge is 0.261 e. The second-order valence-electron chi connectivity index (χ2n) is 6.69. The predicted octanol–water partition coefficient (Wildman–Crippen LogP) is 2.59. The first-order valence-corrected chi connectivity index (χ1v) is 8.81. The Morgan fingerprint density at radius 3 is 2.43 bits per heavy atom. The third kappa shape index (κ3) is 2.96. The molecule has 3 aromatic rings. The van der Waals surface area contributed by atoms with Gasteiger partial charge in [0.15, 0.2) is 0 Å². The molecule has 2 heterocycles. The highest BCUT2D eigenvalue weighted by Gasteiger charge is 2.33. The number of benzene rings is 2. The normalized spacial score (nSPS) is 14.1. The van der Waals surface area contributed by atoms with E-state index in [-0.39, 0.29) is 23.4 Å². The van der Waals surface area contributed by atoms with Gasteiger partial charge in [0, 0.05) is 30.7 Å². The third-order valence-corrected chi connectivity index (χ3v) is 4.90. The number of imidazole rings is 1. The van der Waals surface area contributed by atoms with Gasteiger partial charge in [-0.3, -0.25) is 19.3 Å². The zero-order valence-electron chi connectivity index (χ0n) is 15.4. The minimum atomic E-state index is -0.391. The first-order chi connectivity index (χ1) is 13.5. The highest BCUT2D eigenvalue weighted by Crippen LogP contribution is 2.23. The van der Waals surface area contributed by atoms with E-state index in [1.165, 1.54) is 19.2 Å². The highest BCUT2D eigenvalue weighted by molar-refractivity contribution is 6.21. The molecule has 1 atom stereocenters. The van der Waals surface area contributed by atoms with Crippen LogP contribution in [0.15, 0.2) is 61.2 Å². The average molecular weight is 374 g/mol. The second-order valence-corrected chi connectivity index (χ2v) is 6.69. The number of aromatic nitrogens is 2. The molecule has 140 valence electrons. The Bertz CT molecular complexity index is 1070. The maximum absolute atomic E-state index is 12.6. The average Bonchev–Trinajstić information content (AvgIpc) is 3.32. The molecule has 1 aliphatic heterocycles. The van der Waals surface area contributed by atoms with E-state index in [1.807, 2.05) is 42.0 Å². The zero-order chi connectivity index (χ0) is 19.8. The lowest BCUT2D eigenvalue weighted by molar-refractivity contribution is 0.0693. The quantitative estimate of drug-likeness (QED) is 0.712. The molecule has 0 saturated carbocycles. The molecule has 2 aromatic carbocycles. The lowest BCUT2D eigenvalue weighted by atomic mass is 10.0. The molecular formula is C21H18N4O3. The number of hydrogen-bond acceptors (Lipinski definition) is 4. The third-order valence-electron chi connectivity index (χ3n) is 4.90. The topological polar surface area (TPSA) is 84.3 Å². The van der Waals surface area contributed by atoms with Crippen molar-refractivity contribution in [2.45, 2.75) is 13.0 Å². The summed E-state index contributed by atoms with van der Waals surface area (Å²) in [5, 5.41) is 2.93. The summed E-state index contributed by atoms with van der Waals surface area (Å²) in [6.07, 6.45) is 5.29. The Morgan fingerprint density at radius 1 is 1.04 bits per heavy atom. The number of carbonyl (C=O) groups is 3. The van der Waals surface area contributed by atoms with Crippen LogP contribution in [-0.4, -0.2) is 39.2 Å². The number of hydrogen-bond donors (Lipinski definition) is 1. The van der Waals surface area contributed by atoms with Gasteiger partial charge in [-0.05, 0) is 42.8 Å². The minimum Gasteiger partial charge on any atom is -0.346 e. The summed E-state index contributed by atoms with van der Waals surface area (Å²) < 4.78 is 1.90. The van der Waals surface area contributed by atoms with Gasteiger partial charge >= 0.3 is 0 Å². The van der Waals surface area contributed by atoms with Gasteiger partial charge in [-0.1, -0.05) is 12.1 Å². The number of nitrogens with one attached hydrogen (secondary N) is 1. The molecule has 28 heavy (non-hydrogen) atoms. The molecule has 0 unspecified atom stereocenters. The van der Waals surface area contributed by atoms with Gasteiger partial charge in [-0.15, -0.1) is 0 Å². The molecule has 1 aliphatic rings. The highest BCUT2D eigenvalue weighted by atomic mass is 16.2. The molecule has 0 aliphatic carbocycles. The van der Waals surface area contributed by atoms with Crippen LogP contribution in [0.4, 0.5) is 0 Å². The van der Waals surface area contributed by atoms with E-state index in [4.69, 9.17) is 0 Å². The molecule has 0 radical (unpaired) electrons. The zero-order valence-corrected chi connectivity index (χ0v) is 15.4. The summed E-state index contributed by atoms with van der Waals surface area (Å²) in [6, 6.07) is 12.1. The molecule has 1 N–H and O–H groups in total. The van der Waals surface area contributed by atoms with Crippen LogP contribution < -0.4 is 5.32 Å². The van der Waals surface area contributed by atoms with Crippen LogP contribution in [0.25, 0.3) is 5.69 Å². The molecule has 0 spiro atoms. The van der Waals surface area contributed by atoms with Gasteiger partial charge in [0.1, 0.15) is 0 Å².